The van der Waals surface area contributed by atoms with Gasteiger partial charge in [-0.15, -0.1) is 12.3 Å². The topological polar surface area (TPSA) is 111 Å². The van der Waals surface area contributed by atoms with Crippen LogP contribution < -0.4 is 9.97 Å². The molecule has 1 amide bonds. The maximum atomic E-state index is 12.3. The van der Waals surface area contributed by atoms with Gasteiger partial charge in [0.05, 0.1) is 5.94 Å². The van der Waals surface area contributed by atoms with E-state index >= 15 is 0 Å². The molecule has 0 spiro atoms. The summed E-state index contributed by atoms with van der Waals surface area (Å²) in [6, 6.07) is 4.82. The van der Waals surface area contributed by atoms with Gasteiger partial charge in [0.25, 0.3) is 0 Å². The summed E-state index contributed by atoms with van der Waals surface area (Å²) in [5, 5.41) is 12.9. The number of ether oxygens (including phenoxy) is 2. The van der Waals surface area contributed by atoms with Crippen LogP contribution in [0.15, 0.2) is 18.2 Å². The molecule has 1 aliphatic rings. The highest BCUT2D eigenvalue weighted by molar-refractivity contribution is 6.47. The first-order chi connectivity index (χ1) is 12.8. The lowest BCUT2D eigenvalue weighted by atomic mass is 9.72. The van der Waals surface area contributed by atoms with Crippen molar-refractivity contribution in [2.75, 3.05) is 0 Å². The van der Waals surface area contributed by atoms with Crippen molar-refractivity contribution >= 4 is 25.0 Å². The average Bonchev–Trinajstić information content (AvgIpc) is 2.59. The summed E-state index contributed by atoms with van der Waals surface area (Å²) in [6.45, 7) is 2.61. The van der Waals surface area contributed by atoms with Gasteiger partial charge in [0.1, 0.15) is 11.3 Å². The number of nitrogens with one attached hydrogen (secondary N) is 1. The number of fused-ring (bicyclic) bond motifs is 1. The van der Waals surface area contributed by atoms with Gasteiger partial charge in [0.2, 0.25) is 12.2 Å². The highest BCUT2D eigenvalue weighted by Gasteiger charge is 2.38. The number of esters is 2. The van der Waals surface area contributed by atoms with Gasteiger partial charge in [0, 0.05) is 26.7 Å². The van der Waals surface area contributed by atoms with Crippen molar-refractivity contribution in [3.63, 3.8) is 0 Å². The number of rotatable bonds is 6. The van der Waals surface area contributed by atoms with E-state index < -0.39 is 31.3 Å². The predicted molar refractivity (Wildman–Crippen MR) is 95.4 cm³/mol. The molecule has 0 aliphatic carbocycles. The van der Waals surface area contributed by atoms with Gasteiger partial charge in [0.15, 0.2) is 0 Å². The number of benzene rings is 1. The maximum absolute atomic E-state index is 12.3. The lowest BCUT2D eigenvalue weighted by Gasteiger charge is -2.29. The molecule has 8 nitrogen and oxygen atoms in total. The maximum Gasteiger partial charge on any atom is 0.547 e. The molecule has 0 bridgehead atoms. The second kappa shape index (κ2) is 9.10. The molecule has 2 atom stereocenters. The van der Waals surface area contributed by atoms with E-state index in [4.69, 9.17) is 20.6 Å². The number of amides is 1. The molecule has 1 aliphatic heterocycles. The van der Waals surface area contributed by atoms with Gasteiger partial charge in [-0.05, 0) is 18.1 Å². The molecule has 1 heterocycles. The van der Waals surface area contributed by atoms with Crippen molar-refractivity contribution in [2.45, 2.75) is 45.3 Å². The summed E-state index contributed by atoms with van der Waals surface area (Å²) < 4.78 is 15.3. The number of hydrogen-bond acceptors (Lipinski definition) is 7. The van der Waals surface area contributed by atoms with Crippen LogP contribution in [0.25, 0.3) is 0 Å². The quantitative estimate of drug-likeness (QED) is 0.325. The third-order valence-electron chi connectivity index (χ3n) is 3.79. The monoisotopic (exact) mass is 373 g/mol. The Morgan fingerprint density at radius 3 is 2.85 bits per heavy atom. The first kappa shape index (κ1) is 20.3. The third kappa shape index (κ3) is 5.49. The zero-order chi connectivity index (χ0) is 20.0. The summed E-state index contributed by atoms with van der Waals surface area (Å²) in [4.78, 5) is 35.1. The minimum absolute atomic E-state index is 0.0858. The fraction of sp³-hybridized carbons (Fsp3) is 0.389. The van der Waals surface area contributed by atoms with E-state index in [1.54, 1.807) is 12.1 Å². The molecule has 0 fully saturated rings. The van der Waals surface area contributed by atoms with Crippen LogP contribution in [0, 0.1) is 12.3 Å². The standard InChI is InChI=1S/C18H20BNO7/c1-4-5-9-16(22)20-15-10-13-7-6-8-14(17(13)27-19(15)24)18(23)26-12(3)25-11(2)21/h1,6-8,12,15,24H,5,9-10H2,2-3H3,(H,20,22). The molecular formula is C18H20BNO7. The molecule has 2 unspecified atom stereocenters. The molecule has 142 valence electrons. The number of hydrogen-bond donors (Lipinski definition) is 2. The van der Waals surface area contributed by atoms with Crippen LogP contribution in [0.3, 0.4) is 0 Å². The van der Waals surface area contributed by atoms with E-state index in [1.165, 1.54) is 19.9 Å². The van der Waals surface area contributed by atoms with E-state index in [1.807, 2.05) is 0 Å². The zero-order valence-electron chi connectivity index (χ0n) is 15.1. The van der Waals surface area contributed by atoms with Crippen LogP contribution in [0.1, 0.15) is 42.6 Å². The Balaban J connectivity index is 2.11. The summed E-state index contributed by atoms with van der Waals surface area (Å²) in [5.74, 6) is 0.227. The Morgan fingerprint density at radius 2 is 2.19 bits per heavy atom. The van der Waals surface area contributed by atoms with Gasteiger partial charge >= 0.3 is 19.1 Å². The fourth-order valence-corrected chi connectivity index (χ4v) is 2.65. The van der Waals surface area contributed by atoms with E-state index in [0.29, 0.717) is 12.0 Å². The fourth-order valence-electron chi connectivity index (χ4n) is 2.65. The highest BCUT2D eigenvalue weighted by Crippen LogP contribution is 2.31. The Bertz CT molecular complexity index is 773. The van der Waals surface area contributed by atoms with Crippen LogP contribution in [0.2, 0.25) is 0 Å². The van der Waals surface area contributed by atoms with Gasteiger partial charge in [-0.1, -0.05) is 12.1 Å². The van der Waals surface area contributed by atoms with Crippen LogP contribution in [-0.2, 0) is 25.5 Å². The van der Waals surface area contributed by atoms with Crippen molar-refractivity contribution in [1.82, 2.24) is 5.32 Å². The SMILES string of the molecule is C#CCCC(=O)NC1Cc2cccc(C(=O)OC(C)OC(C)=O)c2OB1O. The molecule has 2 N–H and O–H groups in total. The minimum Gasteiger partial charge on any atom is -0.534 e. The number of terminal acetylenes is 1. The Kier molecular flexibility index (Phi) is 6.85. The van der Waals surface area contributed by atoms with Crippen molar-refractivity contribution in [3.8, 4) is 18.1 Å². The molecule has 27 heavy (non-hydrogen) atoms. The van der Waals surface area contributed by atoms with Gasteiger partial charge in [-0.3, -0.25) is 9.59 Å². The average molecular weight is 373 g/mol. The van der Waals surface area contributed by atoms with Gasteiger partial charge in [-0.2, -0.15) is 0 Å². The Labute approximate surface area is 157 Å². The molecule has 0 saturated carbocycles. The summed E-state index contributed by atoms with van der Waals surface area (Å²) in [7, 11) is -1.34. The van der Waals surface area contributed by atoms with E-state index in [2.05, 4.69) is 11.2 Å². The van der Waals surface area contributed by atoms with Crippen LogP contribution in [0.5, 0.6) is 5.75 Å². The van der Waals surface area contributed by atoms with Crippen molar-refractivity contribution in [2.24, 2.45) is 0 Å². The summed E-state index contributed by atoms with van der Waals surface area (Å²) in [5.41, 5.74) is 0.708. The number of carbonyl (C=O) groups is 3. The van der Waals surface area contributed by atoms with Crippen LogP contribution in [0.4, 0.5) is 0 Å². The van der Waals surface area contributed by atoms with Crippen LogP contribution >= 0.6 is 0 Å². The number of para-hydroxylation sites is 1. The van der Waals surface area contributed by atoms with E-state index in [-0.39, 0.29) is 30.1 Å². The van der Waals surface area contributed by atoms with Gasteiger partial charge in [-0.25, -0.2) is 4.79 Å². The Morgan fingerprint density at radius 1 is 1.44 bits per heavy atom. The molecule has 1 aromatic rings. The van der Waals surface area contributed by atoms with Crippen molar-refractivity contribution in [3.05, 3.63) is 29.3 Å². The normalized spacial score (nSPS) is 16.2. The first-order valence-corrected chi connectivity index (χ1v) is 8.39. The first-order valence-electron chi connectivity index (χ1n) is 8.39. The largest absolute Gasteiger partial charge is 0.547 e. The minimum atomic E-state index is -1.34. The summed E-state index contributed by atoms with van der Waals surface area (Å²) >= 11 is 0. The lowest BCUT2D eigenvalue weighted by Crippen LogP contribution is -2.53. The molecule has 2 rings (SSSR count). The van der Waals surface area contributed by atoms with E-state index in [0.717, 1.165) is 0 Å². The van der Waals surface area contributed by atoms with Gasteiger partial charge < -0.3 is 24.5 Å². The smallest absolute Gasteiger partial charge is 0.534 e. The Hall–Kier alpha value is -2.99. The highest BCUT2D eigenvalue weighted by atomic mass is 16.7. The van der Waals surface area contributed by atoms with Crippen molar-refractivity contribution < 1.29 is 33.5 Å². The molecule has 9 heteroatoms. The second-order valence-electron chi connectivity index (χ2n) is 5.97. The molecule has 0 radical (unpaired) electrons. The molecule has 1 aromatic carbocycles. The second-order valence-corrected chi connectivity index (χ2v) is 5.97. The lowest BCUT2D eigenvalue weighted by molar-refractivity contribution is -0.162. The van der Waals surface area contributed by atoms with Crippen LogP contribution in [-0.4, -0.2) is 42.2 Å². The third-order valence-corrected chi connectivity index (χ3v) is 3.79. The summed E-state index contributed by atoms with van der Waals surface area (Å²) in [6.07, 6.45) is 4.77. The number of carbonyl (C=O) groups excluding carboxylic acids is 3. The molecule has 0 aromatic heterocycles. The molecule has 0 saturated heterocycles. The van der Waals surface area contributed by atoms with E-state index in [9.17, 15) is 19.4 Å². The van der Waals surface area contributed by atoms with Crippen molar-refractivity contribution in [1.29, 1.82) is 0 Å². The predicted octanol–water partition coefficient (Wildman–Crippen LogP) is 0.605. The zero-order valence-corrected chi connectivity index (χ0v) is 15.1. The molecular weight excluding hydrogens is 353 g/mol.